The second kappa shape index (κ2) is 58.5. The lowest BCUT2D eigenvalue weighted by Gasteiger charge is -2.18. The summed E-state index contributed by atoms with van der Waals surface area (Å²) in [5.41, 5.74) is 0. The van der Waals surface area contributed by atoms with Crippen molar-refractivity contribution in [3.8, 4) is 0 Å². The van der Waals surface area contributed by atoms with Crippen LogP contribution in [0.25, 0.3) is 0 Å². The lowest BCUT2D eigenvalue weighted by molar-refractivity contribution is -0.167. The minimum Gasteiger partial charge on any atom is -0.462 e. The number of ether oxygens (including phenoxy) is 3. The highest BCUT2D eigenvalue weighted by molar-refractivity contribution is 5.71. The van der Waals surface area contributed by atoms with E-state index in [4.69, 9.17) is 14.2 Å². The van der Waals surface area contributed by atoms with E-state index in [1.54, 1.807) is 0 Å². The van der Waals surface area contributed by atoms with Crippen LogP contribution in [0, 0.1) is 0 Å². The van der Waals surface area contributed by atoms with E-state index in [9.17, 15) is 14.4 Å². The fraction of sp³-hybridized carbons (Fsp3) is 0.889. The Hall–Kier alpha value is -2.11. The predicted octanol–water partition coefficient (Wildman–Crippen LogP) is 20.7. The number of carbonyl (C=O) groups excluding carboxylic acids is 3. The van der Waals surface area contributed by atoms with E-state index in [-0.39, 0.29) is 31.1 Å². The monoisotopic (exact) mass is 971 g/mol. The van der Waals surface area contributed by atoms with E-state index in [2.05, 4.69) is 45.1 Å². The van der Waals surface area contributed by atoms with Crippen LogP contribution in [0.15, 0.2) is 24.3 Å². The molecule has 0 spiro atoms. The van der Waals surface area contributed by atoms with Gasteiger partial charge in [-0.1, -0.05) is 276 Å². The third-order valence-corrected chi connectivity index (χ3v) is 13.9. The minimum absolute atomic E-state index is 0.0738. The van der Waals surface area contributed by atoms with Gasteiger partial charge in [0, 0.05) is 19.3 Å². The van der Waals surface area contributed by atoms with Crippen molar-refractivity contribution in [2.75, 3.05) is 13.2 Å². The first-order chi connectivity index (χ1) is 34.0. The van der Waals surface area contributed by atoms with Crippen LogP contribution in [-0.4, -0.2) is 37.2 Å². The molecule has 0 fully saturated rings. The van der Waals surface area contributed by atoms with Gasteiger partial charge in [-0.05, 0) is 70.6 Å². The van der Waals surface area contributed by atoms with E-state index in [1.807, 2.05) is 0 Å². The van der Waals surface area contributed by atoms with Crippen LogP contribution in [0.1, 0.15) is 342 Å². The van der Waals surface area contributed by atoms with Gasteiger partial charge in [-0.15, -0.1) is 0 Å². The molecule has 0 N–H and O–H groups in total. The molecule has 0 amide bonds. The van der Waals surface area contributed by atoms with E-state index in [0.29, 0.717) is 19.3 Å². The van der Waals surface area contributed by atoms with Crippen molar-refractivity contribution < 1.29 is 28.6 Å². The second-order valence-electron chi connectivity index (χ2n) is 21.0. The van der Waals surface area contributed by atoms with Gasteiger partial charge in [0.25, 0.3) is 0 Å². The predicted molar refractivity (Wildman–Crippen MR) is 298 cm³/mol. The third-order valence-electron chi connectivity index (χ3n) is 13.9. The fourth-order valence-corrected chi connectivity index (χ4v) is 9.26. The zero-order valence-corrected chi connectivity index (χ0v) is 46.6. The molecule has 0 aliphatic rings. The molecule has 6 nitrogen and oxygen atoms in total. The van der Waals surface area contributed by atoms with Crippen molar-refractivity contribution in [1.82, 2.24) is 0 Å². The number of unbranched alkanes of at least 4 members (excludes halogenated alkanes) is 42. The molecule has 0 aromatic carbocycles. The first-order valence-corrected chi connectivity index (χ1v) is 30.8. The normalized spacial score (nSPS) is 12.1. The van der Waals surface area contributed by atoms with Crippen molar-refractivity contribution in [1.29, 1.82) is 0 Å². The van der Waals surface area contributed by atoms with Gasteiger partial charge in [0.1, 0.15) is 13.2 Å². The maximum atomic E-state index is 12.9. The van der Waals surface area contributed by atoms with Crippen LogP contribution in [0.3, 0.4) is 0 Å². The molecule has 0 aromatic heterocycles. The van der Waals surface area contributed by atoms with E-state index in [0.717, 1.165) is 70.6 Å². The van der Waals surface area contributed by atoms with Crippen molar-refractivity contribution in [3.63, 3.8) is 0 Å². The molecule has 0 atom stereocenters. The number of esters is 3. The molecule has 6 heteroatoms. The van der Waals surface area contributed by atoms with Crippen molar-refractivity contribution >= 4 is 17.9 Å². The maximum absolute atomic E-state index is 12.9. The summed E-state index contributed by atoms with van der Waals surface area (Å²) in [7, 11) is 0. The molecular formula is C63H118O6. The first kappa shape index (κ1) is 66.9. The highest BCUT2D eigenvalue weighted by atomic mass is 16.6. The Morgan fingerprint density at radius 3 is 0.725 bits per heavy atom. The van der Waals surface area contributed by atoms with Gasteiger partial charge in [0.15, 0.2) is 6.10 Å². The molecular weight excluding hydrogens is 853 g/mol. The summed E-state index contributed by atoms with van der Waals surface area (Å²) in [6.07, 6.45) is 68.9. The Morgan fingerprint density at radius 1 is 0.275 bits per heavy atom. The summed E-state index contributed by atoms with van der Waals surface area (Å²) in [5.74, 6) is -0.866. The van der Waals surface area contributed by atoms with Crippen LogP contribution in [0.4, 0.5) is 0 Å². The molecule has 0 radical (unpaired) electrons. The molecule has 0 aliphatic carbocycles. The highest BCUT2D eigenvalue weighted by Crippen LogP contribution is 2.17. The van der Waals surface area contributed by atoms with Gasteiger partial charge < -0.3 is 14.2 Å². The van der Waals surface area contributed by atoms with Gasteiger partial charge in [-0.25, -0.2) is 0 Å². The lowest BCUT2D eigenvalue weighted by atomic mass is 10.0. The number of allylic oxidation sites excluding steroid dienone is 4. The molecule has 0 unspecified atom stereocenters. The van der Waals surface area contributed by atoms with Crippen LogP contribution in [0.5, 0.6) is 0 Å². The highest BCUT2D eigenvalue weighted by Gasteiger charge is 2.19. The number of rotatable bonds is 57. The van der Waals surface area contributed by atoms with E-state index >= 15 is 0 Å². The summed E-state index contributed by atoms with van der Waals surface area (Å²) >= 11 is 0. The Labute approximate surface area is 430 Å². The SMILES string of the molecule is CCCCCCCCC=CCCCCCCCC(=O)OCC(COC(=O)CCCCCCCC=CCCCCCCCC)OC(=O)CCCCCCCCCCCCCCCCCCCCCCC. The summed E-state index contributed by atoms with van der Waals surface area (Å²) in [6.45, 7) is 6.67. The van der Waals surface area contributed by atoms with Gasteiger partial charge in [-0.2, -0.15) is 0 Å². The zero-order valence-electron chi connectivity index (χ0n) is 46.6. The molecule has 0 aromatic rings. The van der Waals surface area contributed by atoms with E-state index in [1.165, 1.54) is 231 Å². The quantitative estimate of drug-likeness (QED) is 0.0261. The van der Waals surface area contributed by atoms with Crippen molar-refractivity contribution in [2.45, 2.75) is 348 Å². The molecule has 0 saturated carbocycles. The molecule has 0 saturated heterocycles. The van der Waals surface area contributed by atoms with E-state index < -0.39 is 6.10 Å². The molecule has 0 aliphatic heterocycles. The largest absolute Gasteiger partial charge is 0.462 e. The van der Waals surface area contributed by atoms with Crippen molar-refractivity contribution in [3.05, 3.63) is 24.3 Å². The fourth-order valence-electron chi connectivity index (χ4n) is 9.26. The molecule has 0 bridgehead atoms. The number of hydrogen-bond donors (Lipinski definition) is 0. The summed E-state index contributed by atoms with van der Waals surface area (Å²) in [4.78, 5) is 38.2. The Kier molecular flexibility index (Phi) is 56.7. The topological polar surface area (TPSA) is 78.9 Å². The molecule has 0 rings (SSSR count). The average molecular weight is 972 g/mol. The van der Waals surface area contributed by atoms with Gasteiger partial charge in [0.2, 0.25) is 0 Å². The maximum Gasteiger partial charge on any atom is 0.306 e. The van der Waals surface area contributed by atoms with Crippen LogP contribution in [-0.2, 0) is 28.6 Å². The zero-order chi connectivity index (χ0) is 50.0. The van der Waals surface area contributed by atoms with Gasteiger partial charge >= 0.3 is 17.9 Å². The third kappa shape index (κ3) is 56.7. The standard InChI is InChI=1S/C63H118O6/c1-4-7-10-13-16-19-22-25-28-29-30-31-32-33-36-39-42-45-48-51-54-57-63(66)69-60(58-67-61(64)55-52-49-46-43-40-37-34-26-23-20-17-14-11-8-5-2)59-68-62(65)56-53-50-47-44-41-38-35-27-24-21-18-15-12-9-6-3/h26-27,34-35,60H,4-25,28-33,36-59H2,1-3H3. The molecule has 406 valence electrons. The summed E-state index contributed by atoms with van der Waals surface area (Å²) in [6, 6.07) is 0. The summed E-state index contributed by atoms with van der Waals surface area (Å²) < 4.78 is 16.9. The number of carbonyl (C=O) groups is 3. The summed E-state index contributed by atoms with van der Waals surface area (Å²) in [5, 5.41) is 0. The minimum atomic E-state index is -0.775. The van der Waals surface area contributed by atoms with Crippen molar-refractivity contribution in [2.24, 2.45) is 0 Å². The second-order valence-corrected chi connectivity index (χ2v) is 21.0. The smallest absolute Gasteiger partial charge is 0.306 e. The molecule has 0 heterocycles. The Morgan fingerprint density at radius 2 is 0.478 bits per heavy atom. The Balaban J connectivity index is 4.31. The van der Waals surface area contributed by atoms with Gasteiger partial charge in [0.05, 0.1) is 0 Å². The van der Waals surface area contributed by atoms with Crippen LogP contribution < -0.4 is 0 Å². The van der Waals surface area contributed by atoms with Gasteiger partial charge in [-0.3, -0.25) is 14.4 Å². The number of hydrogen-bond acceptors (Lipinski definition) is 6. The van der Waals surface area contributed by atoms with Crippen LogP contribution in [0.2, 0.25) is 0 Å². The lowest BCUT2D eigenvalue weighted by Crippen LogP contribution is -2.30. The van der Waals surface area contributed by atoms with Crippen LogP contribution >= 0.6 is 0 Å². The molecule has 69 heavy (non-hydrogen) atoms. The first-order valence-electron chi connectivity index (χ1n) is 30.8. The Bertz CT molecular complexity index is 1060. The average Bonchev–Trinajstić information content (AvgIpc) is 3.35.